The van der Waals surface area contributed by atoms with Gasteiger partial charge in [-0.3, -0.25) is 21.1 Å². The predicted octanol–water partition coefficient (Wildman–Crippen LogP) is 0.200. The van der Waals surface area contributed by atoms with Crippen LogP contribution in [0.2, 0.25) is 0 Å². The van der Waals surface area contributed by atoms with Crippen molar-refractivity contribution in [3.63, 3.8) is 0 Å². The Hall–Kier alpha value is -1.01. The molecule has 3 N–H and O–H groups in total. The van der Waals surface area contributed by atoms with E-state index in [1.54, 1.807) is 12.1 Å². The number of hydrogen-bond acceptors (Lipinski definition) is 4. The molecule has 0 spiro atoms. The Labute approximate surface area is 113 Å². The zero-order valence-corrected chi connectivity index (χ0v) is 11.1. The molecule has 3 fully saturated rings. The summed E-state index contributed by atoms with van der Waals surface area (Å²) < 4.78 is 13.2. The van der Waals surface area contributed by atoms with Gasteiger partial charge in [-0.1, -0.05) is 12.1 Å². The minimum Gasteiger partial charge on any atom is -0.299 e. The van der Waals surface area contributed by atoms with Crippen LogP contribution in [-0.4, -0.2) is 54.6 Å². The number of piperazine rings is 3. The van der Waals surface area contributed by atoms with Crippen LogP contribution in [0.5, 0.6) is 0 Å². The van der Waals surface area contributed by atoms with Gasteiger partial charge in [0, 0.05) is 44.8 Å². The molecule has 0 amide bonds. The number of halogens is 1. The number of nitrogens with one attached hydrogen (secondary N) is 1. The quantitative estimate of drug-likeness (QED) is 0.602. The molecule has 104 valence electrons. The van der Waals surface area contributed by atoms with E-state index < -0.39 is 0 Å². The fourth-order valence-electron chi connectivity index (χ4n) is 3.26. The van der Waals surface area contributed by atoms with Gasteiger partial charge < -0.3 is 0 Å². The van der Waals surface area contributed by atoms with Crippen LogP contribution in [0.1, 0.15) is 5.56 Å². The highest BCUT2D eigenvalue weighted by atomic mass is 19.1. The van der Waals surface area contributed by atoms with Gasteiger partial charge in [0.2, 0.25) is 0 Å². The maximum absolute atomic E-state index is 13.2. The summed E-state index contributed by atoms with van der Waals surface area (Å²) in [4.78, 5) is 4.99. The SMILES string of the molecule is NNC(Cc1cccc(F)c1)C1CN2CCN1CC2. The van der Waals surface area contributed by atoms with Gasteiger partial charge in [-0.15, -0.1) is 0 Å². The monoisotopic (exact) mass is 264 g/mol. The molecule has 0 aromatic heterocycles. The summed E-state index contributed by atoms with van der Waals surface area (Å²) >= 11 is 0. The summed E-state index contributed by atoms with van der Waals surface area (Å²) in [6, 6.07) is 7.40. The van der Waals surface area contributed by atoms with Gasteiger partial charge in [0.15, 0.2) is 0 Å². The first kappa shape index (κ1) is 13.0. The smallest absolute Gasteiger partial charge is 0.123 e. The molecule has 1 aromatic carbocycles. The van der Waals surface area contributed by atoms with Crippen LogP contribution in [0.15, 0.2) is 24.3 Å². The number of fused-ring (bicyclic) bond motifs is 3. The molecule has 2 bridgehead atoms. The van der Waals surface area contributed by atoms with Crippen LogP contribution < -0.4 is 11.3 Å². The molecular formula is C14H21FN4. The van der Waals surface area contributed by atoms with E-state index in [9.17, 15) is 4.39 Å². The van der Waals surface area contributed by atoms with Gasteiger partial charge in [0.25, 0.3) is 0 Å². The van der Waals surface area contributed by atoms with Crippen molar-refractivity contribution in [2.75, 3.05) is 32.7 Å². The van der Waals surface area contributed by atoms with E-state index in [-0.39, 0.29) is 11.9 Å². The van der Waals surface area contributed by atoms with Crippen LogP contribution in [0.25, 0.3) is 0 Å². The zero-order chi connectivity index (χ0) is 13.2. The fourth-order valence-corrected chi connectivity index (χ4v) is 3.26. The Balaban J connectivity index is 1.70. The average Bonchev–Trinajstić information content (AvgIpc) is 2.46. The van der Waals surface area contributed by atoms with E-state index in [1.165, 1.54) is 6.07 Å². The molecule has 3 heterocycles. The zero-order valence-electron chi connectivity index (χ0n) is 11.1. The van der Waals surface area contributed by atoms with Gasteiger partial charge in [-0.2, -0.15) is 0 Å². The minimum atomic E-state index is -0.178. The molecule has 0 aliphatic carbocycles. The van der Waals surface area contributed by atoms with Crippen molar-refractivity contribution in [2.45, 2.75) is 18.5 Å². The molecule has 3 aliphatic heterocycles. The van der Waals surface area contributed by atoms with E-state index in [4.69, 9.17) is 5.84 Å². The molecule has 3 aliphatic rings. The first-order valence-electron chi connectivity index (χ1n) is 6.93. The average molecular weight is 264 g/mol. The Morgan fingerprint density at radius 3 is 2.68 bits per heavy atom. The Bertz CT molecular complexity index is 431. The largest absolute Gasteiger partial charge is 0.299 e. The topological polar surface area (TPSA) is 44.5 Å². The van der Waals surface area contributed by atoms with Crippen LogP contribution >= 0.6 is 0 Å². The first-order chi connectivity index (χ1) is 9.26. The summed E-state index contributed by atoms with van der Waals surface area (Å²) in [5, 5.41) is 0. The maximum Gasteiger partial charge on any atom is 0.123 e. The van der Waals surface area contributed by atoms with Crippen molar-refractivity contribution in [2.24, 2.45) is 5.84 Å². The third-order valence-electron chi connectivity index (χ3n) is 4.34. The van der Waals surface area contributed by atoms with Crippen molar-refractivity contribution in [1.82, 2.24) is 15.2 Å². The van der Waals surface area contributed by atoms with Crippen LogP contribution in [0, 0.1) is 5.82 Å². The van der Waals surface area contributed by atoms with Crippen molar-refractivity contribution in [1.29, 1.82) is 0 Å². The number of nitrogens with two attached hydrogens (primary N) is 1. The van der Waals surface area contributed by atoms with Gasteiger partial charge >= 0.3 is 0 Å². The molecule has 5 heteroatoms. The third-order valence-corrected chi connectivity index (χ3v) is 4.34. The highest BCUT2D eigenvalue weighted by molar-refractivity contribution is 5.18. The van der Waals surface area contributed by atoms with E-state index in [1.807, 2.05) is 6.07 Å². The second-order valence-electron chi connectivity index (χ2n) is 5.51. The summed E-state index contributed by atoms with van der Waals surface area (Å²) in [5.41, 5.74) is 3.93. The summed E-state index contributed by atoms with van der Waals surface area (Å²) in [6.07, 6.45) is 0.767. The van der Waals surface area contributed by atoms with E-state index in [0.717, 1.165) is 44.7 Å². The molecule has 0 radical (unpaired) electrons. The highest BCUT2D eigenvalue weighted by Gasteiger charge is 2.36. The number of rotatable bonds is 4. The second-order valence-corrected chi connectivity index (χ2v) is 5.51. The Kier molecular flexibility index (Phi) is 3.79. The lowest BCUT2D eigenvalue weighted by molar-refractivity contribution is -0.00315. The van der Waals surface area contributed by atoms with Gasteiger partial charge in [-0.05, 0) is 24.1 Å². The van der Waals surface area contributed by atoms with Crippen molar-refractivity contribution >= 4 is 0 Å². The van der Waals surface area contributed by atoms with Crippen molar-refractivity contribution in [3.8, 4) is 0 Å². The fraction of sp³-hybridized carbons (Fsp3) is 0.571. The van der Waals surface area contributed by atoms with Crippen LogP contribution in [0.3, 0.4) is 0 Å². The third kappa shape index (κ3) is 2.79. The maximum atomic E-state index is 13.2. The van der Waals surface area contributed by atoms with Crippen LogP contribution in [0.4, 0.5) is 4.39 Å². The number of hydrazine groups is 1. The Morgan fingerprint density at radius 2 is 2.11 bits per heavy atom. The minimum absolute atomic E-state index is 0.171. The van der Waals surface area contributed by atoms with Gasteiger partial charge in [0.05, 0.1) is 0 Å². The molecule has 19 heavy (non-hydrogen) atoms. The predicted molar refractivity (Wildman–Crippen MR) is 73.0 cm³/mol. The first-order valence-corrected chi connectivity index (χ1v) is 6.93. The van der Waals surface area contributed by atoms with Crippen LogP contribution in [-0.2, 0) is 6.42 Å². The molecule has 3 saturated heterocycles. The van der Waals surface area contributed by atoms with E-state index in [2.05, 4.69) is 15.2 Å². The van der Waals surface area contributed by atoms with E-state index >= 15 is 0 Å². The standard InChI is InChI=1S/C14H21FN4/c15-12-3-1-2-11(8-12)9-13(17-16)14-10-18-4-6-19(14)7-5-18/h1-3,8,13-14,17H,4-7,9-10,16H2. The summed E-state index contributed by atoms with van der Waals surface area (Å²) in [6.45, 7) is 5.61. The molecule has 4 nitrogen and oxygen atoms in total. The molecule has 4 rings (SSSR count). The molecule has 2 unspecified atom stereocenters. The van der Waals surface area contributed by atoms with Crippen molar-refractivity contribution in [3.05, 3.63) is 35.6 Å². The summed E-state index contributed by atoms with van der Waals surface area (Å²) in [5.74, 6) is 5.55. The normalized spacial score (nSPS) is 31.4. The number of nitrogens with zero attached hydrogens (tertiary/aromatic N) is 2. The van der Waals surface area contributed by atoms with E-state index in [0.29, 0.717) is 6.04 Å². The lowest BCUT2D eigenvalue weighted by Crippen LogP contribution is -2.67. The second kappa shape index (κ2) is 5.54. The number of benzene rings is 1. The number of hydrogen-bond donors (Lipinski definition) is 2. The Morgan fingerprint density at radius 1 is 1.32 bits per heavy atom. The van der Waals surface area contributed by atoms with Gasteiger partial charge in [0.1, 0.15) is 5.82 Å². The molecule has 1 aromatic rings. The molecular weight excluding hydrogens is 243 g/mol. The lowest BCUT2D eigenvalue weighted by atomic mass is 9.95. The highest BCUT2D eigenvalue weighted by Crippen LogP contribution is 2.20. The lowest BCUT2D eigenvalue weighted by Gasteiger charge is -2.50. The van der Waals surface area contributed by atoms with Gasteiger partial charge in [-0.25, -0.2) is 4.39 Å². The van der Waals surface area contributed by atoms with Crippen molar-refractivity contribution < 1.29 is 4.39 Å². The summed E-state index contributed by atoms with van der Waals surface area (Å²) in [7, 11) is 0. The molecule has 2 atom stereocenters. The molecule has 0 saturated carbocycles.